The Labute approximate surface area is 115 Å². The van der Waals surface area contributed by atoms with Crippen LogP contribution in [0.2, 0.25) is 0 Å². The van der Waals surface area contributed by atoms with Crippen molar-refractivity contribution in [3.8, 4) is 11.1 Å². The first kappa shape index (κ1) is 12.4. The van der Waals surface area contributed by atoms with E-state index in [1.807, 2.05) is 7.05 Å². The number of hydrogen-bond acceptors (Lipinski definition) is 1. The molecule has 0 aliphatic heterocycles. The van der Waals surface area contributed by atoms with Crippen molar-refractivity contribution in [2.45, 2.75) is 31.7 Å². The second kappa shape index (κ2) is 5.58. The second-order valence-corrected chi connectivity index (χ2v) is 5.44. The van der Waals surface area contributed by atoms with Crippen LogP contribution in [0.4, 0.5) is 0 Å². The molecule has 3 rings (SSSR count). The molecule has 0 amide bonds. The van der Waals surface area contributed by atoms with Crippen LogP contribution in [0.1, 0.15) is 36.3 Å². The molecule has 1 nitrogen and oxygen atoms in total. The molecule has 1 fully saturated rings. The van der Waals surface area contributed by atoms with E-state index in [1.54, 1.807) is 0 Å². The highest BCUT2D eigenvalue weighted by Gasteiger charge is 2.22. The van der Waals surface area contributed by atoms with Gasteiger partial charge in [0.2, 0.25) is 0 Å². The van der Waals surface area contributed by atoms with Crippen LogP contribution in [0, 0.1) is 0 Å². The van der Waals surface area contributed by atoms with Gasteiger partial charge < -0.3 is 5.32 Å². The summed E-state index contributed by atoms with van der Waals surface area (Å²) in [6.45, 7) is 0.935. The standard InChI is InChI=1S/C18H21N/c1-19-13-14-9-11-16(12-10-14)18-8-3-2-7-17(18)15-5-4-6-15/h2-3,7-12,15,19H,4-6,13H2,1H3. The summed E-state index contributed by atoms with van der Waals surface area (Å²) in [5, 5.41) is 3.19. The quantitative estimate of drug-likeness (QED) is 0.852. The van der Waals surface area contributed by atoms with Crippen molar-refractivity contribution in [3.63, 3.8) is 0 Å². The first-order valence-corrected chi connectivity index (χ1v) is 7.21. The second-order valence-electron chi connectivity index (χ2n) is 5.44. The summed E-state index contributed by atoms with van der Waals surface area (Å²) >= 11 is 0. The van der Waals surface area contributed by atoms with Crippen LogP contribution in [-0.4, -0.2) is 7.05 Å². The Morgan fingerprint density at radius 3 is 2.37 bits per heavy atom. The highest BCUT2D eigenvalue weighted by molar-refractivity contribution is 5.68. The van der Waals surface area contributed by atoms with Crippen LogP contribution in [0.3, 0.4) is 0 Å². The third-order valence-corrected chi connectivity index (χ3v) is 4.15. The monoisotopic (exact) mass is 251 g/mol. The molecule has 1 aliphatic rings. The molecule has 0 heterocycles. The lowest BCUT2D eigenvalue weighted by molar-refractivity contribution is 0.420. The molecule has 0 unspecified atom stereocenters. The first-order chi connectivity index (χ1) is 9.38. The van der Waals surface area contributed by atoms with Gasteiger partial charge in [0, 0.05) is 6.54 Å². The molecule has 0 spiro atoms. The molecule has 98 valence electrons. The minimum Gasteiger partial charge on any atom is -0.316 e. The largest absolute Gasteiger partial charge is 0.316 e. The van der Waals surface area contributed by atoms with Gasteiger partial charge in [0.1, 0.15) is 0 Å². The predicted molar refractivity (Wildman–Crippen MR) is 81.2 cm³/mol. The van der Waals surface area contributed by atoms with E-state index in [4.69, 9.17) is 0 Å². The Hall–Kier alpha value is -1.60. The third-order valence-electron chi connectivity index (χ3n) is 4.15. The lowest BCUT2D eigenvalue weighted by Crippen LogP contribution is -2.09. The van der Waals surface area contributed by atoms with E-state index in [9.17, 15) is 0 Å². The van der Waals surface area contributed by atoms with Gasteiger partial charge in [0.25, 0.3) is 0 Å². The van der Waals surface area contributed by atoms with E-state index < -0.39 is 0 Å². The maximum Gasteiger partial charge on any atom is 0.0202 e. The van der Waals surface area contributed by atoms with Crippen LogP contribution >= 0.6 is 0 Å². The minimum absolute atomic E-state index is 0.785. The normalized spacial score (nSPS) is 15.2. The molecular weight excluding hydrogens is 230 g/mol. The van der Waals surface area contributed by atoms with Gasteiger partial charge >= 0.3 is 0 Å². The smallest absolute Gasteiger partial charge is 0.0202 e. The summed E-state index contributed by atoms with van der Waals surface area (Å²) in [5.74, 6) is 0.785. The van der Waals surface area contributed by atoms with Crippen molar-refractivity contribution < 1.29 is 0 Å². The van der Waals surface area contributed by atoms with Gasteiger partial charge in [0.15, 0.2) is 0 Å². The highest BCUT2D eigenvalue weighted by Crippen LogP contribution is 2.40. The maximum absolute atomic E-state index is 3.19. The van der Waals surface area contributed by atoms with Crippen molar-refractivity contribution in [1.29, 1.82) is 0 Å². The highest BCUT2D eigenvalue weighted by atomic mass is 14.8. The van der Waals surface area contributed by atoms with Crippen LogP contribution in [0.25, 0.3) is 11.1 Å². The Bertz CT molecular complexity index is 538. The molecule has 0 saturated heterocycles. The Kier molecular flexibility index (Phi) is 3.65. The van der Waals surface area contributed by atoms with Gasteiger partial charge in [0.05, 0.1) is 0 Å². The van der Waals surface area contributed by atoms with Crippen molar-refractivity contribution in [3.05, 3.63) is 59.7 Å². The van der Waals surface area contributed by atoms with Gasteiger partial charge in [-0.15, -0.1) is 0 Å². The summed E-state index contributed by atoms with van der Waals surface area (Å²) in [4.78, 5) is 0. The van der Waals surface area contributed by atoms with Crippen LogP contribution in [0.5, 0.6) is 0 Å². The van der Waals surface area contributed by atoms with E-state index in [2.05, 4.69) is 53.8 Å². The zero-order valence-electron chi connectivity index (χ0n) is 11.5. The fraction of sp³-hybridized carbons (Fsp3) is 0.333. The van der Waals surface area contributed by atoms with Gasteiger partial charge in [-0.05, 0) is 48.1 Å². The molecule has 1 saturated carbocycles. The van der Waals surface area contributed by atoms with E-state index in [0.29, 0.717) is 0 Å². The van der Waals surface area contributed by atoms with Crippen LogP contribution in [-0.2, 0) is 6.54 Å². The van der Waals surface area contributed by atoms with Gasteiger partial charge in [-0.2, -0.15) is 0 Å². The first-order valence-electron chi connectivity index (χ1n) is 7.21. The minimum atomic E-state index is 0.785. The Balaban J connectivity index is 1.92. The topological polar surface area (TPSA) is 12.0 Å². The molecule has 19 heavy (non-hydrogen) atoms. The lowest BCUT2D eigenvalue weighted by atomic mass is 9.77. The Morgan fingerprint density at radius 1 is 1.00 bits per heavy atom. The summed E-state index contributed by atoms with van der Waals surface area (Å²) in [6, 6.07) is 17.9. The summed E-state index contributed by atoms with van der Waals surface area (Å²) in [5.41, 5.74) is 5.65. The van der Waals surface area contributed by atoms with Crippen LogP contribution < -0.4 is 5.32 Å². The van der Waals surface area contributed by atoms with E-state index in [1.165, 1.54) is 41.5 Å². The number of benzene rings is 2. The van der Waals surface area contributed by atoms with Crippen LogP contribution in [0.15, 0.2) is 48.5 Å². The summed E-state index contributed by atoms with van der Waals surface area (Å²) in [7, 11) is 1.99. The molecule has 0 bridgehead atoms. The fourth-order valence-electron chi connectivity index (χ4n) is 2.84. The summed E-state index contributed by atoms with van der Waals surface area (Å²) < 4.78 is 0. The van der Waals surface area contributed by atoms with Crippen molar-refractivity contribution in [2.75, 3.05) is 7.05 Å². The molecule has 1 N–H and O–H groups in total. The van der Waals surface area contributed by atoms with Crippen molar-refractivity contribution >= 4 is 0 Å². The van der Waals surface area contributed by atoms with Crippen molar-refractivity contribution in [2.24, 2.45) is 0 Å². The van der Waals surface area contributed by atoms with E-state index in [0.717, 1.165) is 12.5 Å². The molecule has 0 atom stereocenters. The Morgan fingerprint density at radius 2 is 1.74 bits per heavy atom. The lowest BCUT2D eigenvalue weighted by Gasteiger charge is -2.28. The molecule has 1 heteroatoms. The molecular formula is C18H21N. The van der Waals surface area contributed by atoms with Gasteiger partial charge in [-0.25, -0.2) is 0 Å². The zero-order chi connectivity index (χ0) is 13.1. The predicted octanol–water partition coefficient (Wildman–Crippen LogP) is 4.34. The molecule has 0 radical (unpaired) electrons. The molecule has 1 aliphatic carbocycles. The number of nitrogens with one attached hydrogen (secondary N) is 1. The SMILES string of the molecule is CNCc1ccc(-c2ccccc2C2CCC2)cc1. The van der Waals surface area contributed by atoms with Gasteiger partial charge in [-0.1, -0.05) is 55.0 Å². The van der Waals surface area contributed by atoms with Gasteiger partial charge in [-0.3, -0.25) is 0 Å². The number of rotatable bonds is 4. The van der Waals surface area contributed by atoms with E-state index >= 15 is 0 Å². The average molecular weight is 251 g/mol. The maximum atomic E-state index is 3.19. The third kappa shape index (κ3) is 2.57. The number of hydrogen-bond donors (Lipinski definition) is 1. The molecule has 2 aromatic carbocycles. The van der Waals surface area contributed by atoms with Crippen molar-refractivity contribution in [1.82, 2.24) is 5.32 Å². The van der Waals surface area contributed by atoms with E-state index in [-0.39, 0.29) is 0 Å². The average Bonchev–Trinajstić information content (AvgIpc) is 2.39. The fourth-order valence-corrected chi connectivity index (χ4v) is 2.84. The molecule has 2 aromatic rings. The zero-order valence-corrected chi connectivity index (χ0v) is 11.5. The molecule has 0 aromatic heterocycles. The summed E-state index contributed by atoms with van der Waals surface area (Å²) in [6.07, 6.45) is 4.10.